The fourth-order valence-corrected chi connectivity index (χ4v) is 7.21. The molecule has 2 aromatic rings. The molecule has 0 aliphatic carbocycles. The molecule has 0 amide bonds. The summed E-state index contributed by atoms with van der Waals surface area (Å²) in [5.41, 5.74) is 4.69. The maximum atomic E-state index is 6.43. The minimum atomic E-state index is -1.89. The van der Waals surface area contributed by atoms with Crippen molar-refractivity contribution in [1.82, 2.24) is 0 Å². The molecule has 1 unspecified atom stereocenters. The van der Waals surface area contributed by atoms with Gasteiger partial charge in [0.1, 0.15) is 14.9 Å². The third kappa shape index (κ3) is 8.16. The van der Waals surface area contributed by atoms with E-state index in [-0.39, 0.29) is 24.7 Å². The Bertz CT molecular complexity index is 1070. The zero-order valence-corrected chi connectivity index (χ0v) is 25.8. The van der Waals surface area contributed by atoms with Crippen LogP contribution in [0.1, 0.15) is 32.8 Å². The van der Waals surface area contributed by atoms with Crippen LogP contribution in [-0.4, -0.2) is 49.8 Å². The van der Waals surface area contributed by atoms with Crippen molar-refractivity contribution < 1.29 is 23.4 Å². The van der Waals surface area contributed by atoms with Crippen LogP contribution in [0.15, 0.2) is 66.4 Å². The van der Waals surface area contributed by atoms with Crippen molar-refractivity contribution in [3.8, 4) is 11.5 Å². The van der Waals surface area contributed by atoms with Gasteiger partial charge in [-0.25, -0.2) is 0 Å². The molecule has 5 nitrogen and oxygen atoms in total. The van der Waals surface area contributed by atoms with E-state index in [1.54, 1.807) is 7.11 Å². The average molecular weight is 541 g/mol. The minimum Gasteiger partial charge on any atom is -0.454 e. The number of fused-ring (bicyclic) bond motifs is 1. The van der Waals surface area contributed by atoms with Crippen LogP contribution in [0.5, 0.6) is 11.5 Å². The highest BCUT2D eigenvalue weighted by Crippen LogP contribution is 2.37. The lowest BCUT2D eigenvalue weighted by Crippen LogP contribution is -2.41. The highest BCUT2D eigenvalue weighted by atomic mass is 28.4. The van der Waals surface area contributed by atoms with Gasteiger partial charge in [-0.15, -0.1) is 0 Å². The molecular weight excluding hydrogens is 496 g/mol. The van der Waals surface area contributed by atoms with E-state index in [9.17, 15) is 0 Å². The normalized spacial score (nSPS) is 15.4. The topological polar surface area (TPSA) is 46.2 Å². The van der Waals surface area contributed by atoms with E-state index >= 15 is 0 Å². The summed E-state index contributed by atoms with van der Waals surface area (Å²) in [6, 6.07) is 16.9. The Morgan fingerprint density at radius 1 is 1.00 bits per heavy atom. The highest BCUT2D eigenvalue weighted by molar-refractivity contribution is 6.94. The summed E-state index contributed by atoms with van der Waals surface area (Å²) in [7, 11) is -2.06. The van der Waals surface area contributed by atoms with Crippen LogP contribution < -0.4 is 14.7 Å². The molecule has 0 aromatic heterocycles. The van der Waals surface area contributed by atoms with Gasteiger partial charge in [0, 0.05) is 13.7 Å². The molecule has 0 spiro atoms. The van der Waals surface area contributed by atoms with Gasteiger partial charge in [0.05, 0.1) is 6.10 Å². The van der Waals surface area contributed by atoms with Crippen molar-refractivity contribution >= 4 is 27.2 Å². The second-order valence-electron chi connectivity index (χ2n) is 11.6. The maximum Gasteiger partial charge on any atom is 0.231 e. The monoisotopic (exact) mass is 540 g/mol. The number of hydrogen-bond acceptors (Lipinski definition) is 5. The largest absolute Gasteiger partial charge is 0.454 e. The predicted octanol–water partition coefficient (Wildman–Crippen LogP) is 6.91. The third-order valence-electron chi connectivity index (χ3n) is 7.30. The molecular formula is C30H44O5Si2. The number of methoxy groups -OCH3 is 1. The van der Waals surface area contributed by atoms with Gasteiger partial charge in [0.15, 0.2) is 19.8 Å². The molecule has 0 saturated carbocycles. The lowest BCUT2D eigenvalue weighted by Gasteiger charge is -2.36. The van der Waals surface area contributed by atoms with Crippen LogP contribution >= 0.6 is 0 Å². The van der Waals surface area contributed by atoms with E-state index < -0.39 is 16.4 Å². The first-order valence-corrected chi connectivity index (χ1v) is 19.0. The molecule has 0 fully saturated rings. The first kappa shape index (κ1) is 29.4. The molecule has 2 aromatic carbocycles. The van der Waals surface area contributed by atoms with Crippen molar-refractivity contribution in [2.75, 3.05) is 27.3 Å². The van der Waals surface area contributed by atoms with Gasteiger partial charge in [-0.1, -0.05) is 93.3 Å². The molecule has 0 radical (unpaired) electrons. The molecule has 37 heavy (non-hydrogen) atoms. The SMILES string of the molecule is COCOC(/C=C\C(=C\[Si](C)(C)c1ccccc1)c1ccc2c(c1)OCO2)CCO[Si](C)(C)C(C)(C)C. The molecule has 0 bridgehead atoms. The summed E-state index contributed by atoms with van der Waals surface area (Å²) in [6.45, 7) is 17.3. The lowest BCUT2D eigenvalue weighted by atomic mass is 10.1. The first-order valence-electron chi connectivity index (χ1n) is 13.0. The molecule has 0 saturated heterocycles. The Kier molecular flexibility index (Phi) is 10.00. The van der Waals surface area contributed by atoms with Crippen molar-refractivity contribution in [2.24, 2.45) is 0 Å². The van der Waals surface area contributed by atoms with Crippen molar-refractivity contribution in [3.63, 3.8) is 0 Å². The molecule has 1 atom stereocenters. The van der Waals surface area contributed by atoms with Gasteiger partial charge in [-0.2, -0.15) is 0 Å². The van der Waals surface area contributed by atoms with Crippen molar-refractivity contribution in [3.05, 3.63) is 71.9 Å². The Morgan fingerprint density at radius 3 is 2.38 bits per heavy atom. The summed E-state index contributed by atoms with van der Waals surface area (Å²) in [4.78, 5) is 0. The van der Waals surface area contributed by atoms with Crippen LogP contribution in [0.4, 0.5) is 0 Å². The predicted molar refractivity (Wildman–Crippen MR) is 158 cm³/mol. The standard InChI is InChI=1S/C30H44O5Si2/c1-30(2,3)37(7,8)35-19-18-26(32-22-31-4)16-14-25(21-36(5,6)27-12-10-9-11-13-27)24-15-17-28-29(20-24)34-23-33-28/h9-17,20-21,26H,18-19,22-23H2,1-8H3/b16-14-,25-21-. The number of allylic oxidation sites excluding steroid dienone is 2. The van der Waals surface area contributed by atoms with Crippen LogP contribution in [0, 0.1) is 0 Å². The highest BCUT2D eigenvalue weighted by Gasteiger charge is 2.37. The summed E-state index contributed by atoms with van der Waals surface area (Å²) < 4.78 is 28.9. The fraction of sp³-hybridized carbons (Fsp3) is 0.467. The van der Waals surface area contributed by atoms with Gasteiger partial charge in [0.2, 0.25) is 6.79 Å². The Labute approximate surface area is 225 Å². The van der Waals surface area contributed by atoms with Crippen LogP contribution in [0.25, 0.3) is 5.57 Å². The van der Waals surface area contributed by atoms with E-state index in [1.165, 1.54) is 5.19 Å². The maximum absolute atomic E-state index is 6.43. The number of rotatable bonds is 12. The molecule has 1 aliphatic heterocycles. The Hall–Kier alpha value is -2.17. The summed E-state index contributed by atoms with van der Waals surface area (Å²) >= 11 is 0. The Balaban J connectivity index is 1.88. The molecule has 1 heterocycles. The second kappa shape index (κ2) is 12.6. The smallest absolute Gasteiger partial charge is 0.231 e. The van der Waals surface area contributed by atoms with Crippen LogP contribution in [0.2, 0.25) is 31.2 Å². The summed E-state index contributed by atoms with van der Waals surface area (Å²) in [6.07, 6.45) is 4.96. The van der Waals surface area contributed by atoms with Gasteiger partial charge < -0.3 is 23.4 Å². The van der Waals surface area contributed by atoms with Crippen LogP contribution in [0.3, 0.4) is 0 Å². The Morgan fingerprint density at radius 2 is 1.70 bits per heavy atom. The molecule has 202 valence electrons. The quantitative estimate of drug-likeness (QED) is 0.166. The number of hydrogen-bond donors (Lipinski definition) is 0. The molecule has 7 heteroatoms. The van der Waals surface area contributed by atoms with Gasteiger partial charge in [0.25, 0.3) is 0 Å². The minimum absolute atomic E-state index is 0.122. The first-order chi connectivity index (χ1) is 17.4. The summed E-state index contributed by atoms with van der Waals surface area (Å²) in [5.74, 6) is 1.57. The zero-order chi connectivity index (χ0) is 27.1. The lowest BCUT2D eigenvalue weighted by molar-refractivity contribution is -0.0602. The fourth-order valence-electron chi connectivity index (χ4n) is 3.89. The third-order valence-corrected chi connectivity index (χ3v) is 14.7. The van der Waals surface area contributed by atoms with E-state index in [0.29, 0.717) is 6.61 Å². The van der Waals surface area contributed by atoms with E-state index in [4.69, 9.17) is 23.4 Å². The van der Waals surface area contributed by atoms with E-state index in [2.05, 4.69) is 107 Å². The van der Waals surface area contributed by atoms with Gasteiger partial charge in [-0.05, 0) is 47.8 Å². The van der Waals surface area contributed by atoms with Crippen molar-refractivity contribution in [2.45, 2.75) is 64.5 Å². The molecule has 3 rings (SSSR count). The zero-order valence-electron chi connectivity index (χ0n) is 23.8. The van der Waals surface area contributed by atoms with Crippen molar-refractivity contribution in [1.29, 1.82) is 0 Å². The molecule has 0 N–H and O–H groups in total. The number of ether oxygens (including phenoxy) is 4. The number of benzene rings is 2. The molecule has 1 aliphatic rings. The average Bonchev–Trinajstić information content (AvgIpc) is 3.32. The van der Waals surface area contributed by atoms with E-state index in [1.807, 2.05) is 6.07 Å². The second-order valence-corrected chi connectivity index (χ2v) is 20.7. The van der Waals surface area contributed by atoms with Gasteiger partial charge in [-0.3, -0.25) is 0 Å². The van der Waals surface area contributed by atoms with Crippen LogP contribution in [-0.2, 0) is 13.9 Å². The van der Waals surface area contributed by atoms with Gasteiger partial charge >= 0.3 is 0 Å². The summed E-state index contributed by atoms with van der Waals surface area (Å²) in [5, 5.41) is 1.56. The van der Waals surface area contributed by atoms with E-state index in [0.717, 1.165) is 29.1 Å².